The summed E-state index contributed by atoms with van der Waals surface area (Å²) in [4.78, 5) is 22.4. The highest BCUT2D eigenvalue weighted by Gasteiger charge is 2.17. The van der Waals surface area contributed by atoms with Crippen molar-refractivity contribution in [2.24, 2.45) is 12.8 Å². The Morgan fingerprint density at radius 2 is 2.14 bits per heavy atom. The predicted octanol–water partition coefficient (Wildman–Crippen LogP) is 1.14. The summed E-state index contributed by atoms with van der Waals surface area (Å²) in [7, 11) is 1.70. The van der Waals surface area contributed by atoms with Crippen molar-refractivity contribution in [2.75, 3.05) is 5.32 Å². The van der Waals surface area contributed by atoms with Crippen LogP contribution in [-0.4, -0.2) is 26.8 Å². The molecule has 0 atom stereocenters. The van der Waals surface area contributed by atoms with Crippen LogP contribution < -0.4 is 11.1 Å². The van der Waals surface area contributed by atoms with Crippen LogP contribution in [0.5, 0.6) is 0 Å². The third-order valence-electron chi connectivity index (χ3n) is 3.10. The molecule has 0 radical (unpaired) electrons. The smallest absolute Gasteiger partial charge is 0.335 e. The van der Waals surface area contributed by atoms with Gasteiger partial charge in [0.1, 0.15) is 11.4 Å². The maximum absolute atomic E-state index is 11.5. The van der Waals surface area contributed by atoms with Crippen molar-refractivity contribution < 1.29 is 14.7 Å². The average molecular weight is 288 g/mol. The number of carboxylic acids is 1. The van der Waals surface area contributed by atoms with Crippen molar-refractivity contribution in [3.63, 3.8) is 0 Å². The van der Waals surface area contributed by atoms with Crippen molar-refractivity contribution in [3.8, 4) is 0 Å². The lowest BCUT2D eigenvalue weighted by Gasteiger charge is -2.09. The highest BCUT2D eigenvalue weighted by atomic mass is 16.4. The fraction of sp³-hybridized carbons (Fsp3) is 0.214. The summed E-state index contributed by atoms with van der Waals surface area (Å²) < 4.78 is 1.54. The number of hydrogen-bond acceptors (Lipinski definition) is 4. The lowest BCUT2D eigenvalue weighted by Crippen LogP contribution is -2.15. The maximum Gasteiger partial charge on any atom is 0.335 e. The number of anilines is 1. The third kappa shape index (κ3) is 3.02. The molecule has 0 aliphatic rings. The van der Waals surface area contributed by atoms with Crippen molar-refractivity contribution in [3.05, 3.63) is 46.6 Å². The van der Waals surface area contributed by atoms with Crippen LogP contribution >= 0.6 is 0 Å². The summed E-state index contributed by atoms with van der Waals surface area (Å²) in [5.41, 5.74) is 7.23. The minimum Gasteiger partial charge on any atom is -0.478 e. The van der Waals surface area contributed by atoms with Crippen LogP contribution in [0.1, 0.15) is 32.0 Å². The van der Waals surface area contributed by atoms with Crippen LogP contribution in [-0.2, 0) is 13.6 Å². The molecular formula is C14H16N4O3. The normalized spacial score (nSPS) is 10.4. The number of aromatic nitrogens is 2. The Labute approximate surface area is 121 Å². The predicted molar refractivity (Wildman–Crippen MR) is 77.2 cm³/mol. The summed E-state index contributed by atoms with van der Waals surface area (Å²) in [6.45, 7) is 2.07. The number of nitrogens with one attached hydrogen (secondary N) is 1. The average Bonchev–Trinajstić information content (AvgIpc) is 2.71. The van der Waals surface area contributed by atoms with Crippen LogP contribution in [0.3, 0.4) is 0 Å². The van der Waals surface area contributed by atoms with E-state index in [4.69, 9.17) is 10.8 Å². The molecule has 7 heteroatoms. The van der Waals surface area contributed by atoms with Gasteiger partial charge in [-0.25, -0.2) is 4.79 Å². The highest BCUT2D eigenvalue weighted by molar-refractivity contribution is 5.98. The first-order chi connectivity index (χ1) is 9.90. The molecule has 2 aromatic rings. The van der Waals surface area contributed by atoms with E-state index in [1.165, 1.54) is 10.7 Å². The Bertz CT molecular complexity index is 706. The van der Waals surface area contributed by atoms with Gasteiger partial charge in [-0.2, -0.15) is 5.10 Å². The zero-order valence-corrected chi connectivity index (χ0v) is 11.8. The van der Waals surface area contributed by atoms with Gasteiger partial charge >= 0.3 is 5.97 Å². The van der Waals surface area contributed by atoms with E-state index in [0.717, 1.165) is 5.56 Å². The SMILES string of the molecule is Cc1nn(C)c(NCc2cccc(C(=O)O)c2)c1C(N)=O. The third-order valence-corrected chi connectivity index (χ3v) is 3.10. The summed E-state index contributed by atoms with van der Waals surface area (Å²) in [6, 6.07) is 6.56. The van der Waals surface area contributed by atoms with Crippen LogP contribution in [0.2, 0.25) is 0 Å². The topological polar surface area (TPSA) is 110 Å². The number of benzene rings is 1. The van der Waals surface area contributed by atoms with Crippen molar-refractivity contribution in [2.45, 2.75) is 13.5 Å². The summed E-state index contributed by atoms with van der Waals surface area (Å²) in [5, 5.41) is 16.2. The number of aryl methyl sites for hydroxylation is 2. The summed E-state index contributed by atoms with van der Waals surface area (Å²) in [5.74, 6) is -1.02. The van der Waals surface area contributed by atoms with Crippen LogP contribution in [0, 0.1) is 6.92 Å². The molecule has 0 aliphatic heterocycles. The number of hydrogen-bond donors (Lipinski definition) is 3. The molecule has 0 saturated heterocycles. The van der Waals surface area contributed by atoms with Gasteiger partial charge in [0.15, 0.2) is 0 Å². The number of carboxylic acid groups (broad SMARTS) is 1. The molecule has 21 heavy (non-hydrogen) atoms. The molecule has 1 amide bonds. The van der Waals surface area contributed by atoms with Crippen LogP contribution in [0.15, 0.2) is 24.3 Å². The van der Waals surface area contributed by atoms with Gasteiger partial charge in [0.05, 0.1) is 11.3 Å². The first-order valence-corrected chi connectivity index (χ1v) is 6.29. The monoisotopic (exact) mass is 288 g/mol. The Balaban J connectivity index is 2.23. The largest absolute Gasteiger partial charge is 0.478 e. The van der Waals surface area contributed by atoms with E-state index in [-0.39, 0.29) is 5.56 Å². The first kappa shape index (κ1) is 14.6. The maximum atomic E-state index is 11.5. The van der Waals surface area contributed by atoms with Crippen LogP contribution in [0.25, 0.3) is 0 Å². The zero-order chi connectivity index (χ0) is 15.6. The molecule has 2 rings (SSSR count). The van der Waals surface area contributed by atoms with Crippen molar-refractivity contribution in [1.29, 1.82) is 0 Å². The number of aromatic carboxylic acids is 1. The molecule has 4 N–H and O–H groups in total. The molecule has 0 saturated carbocycles. The van der Waals surface area contributed by atoms with E-state index in [2.05, 4.69) is 10.4 Å². The molecule has 0 bridgehead atoms. The number of carbonyl (C=O) groups is 2. The zero-order valence-electron chi connectivity index (χ0n) is 11.8. The van der Waals surface area contributed by atoms with Gasteiger partial charge in [-0.3, -0.25) is 9.48 Å². The standard InChI is InChI=1S/C14H16N4O3/c1-8-11(12(15)19)13(18(2)17-8)16-7-9-4-3-5-10(6-9)14(20)21/h3-6,16H,7H2,1-2H3,(H2,15,19)(H,20,21). The van der Waals surface area contributed by atoms with Crippen molar-refractivity contribution >= 4 is 17.7 Å². The van der Waals surface area contributed by atoms with Gasteiger partial charge in [-0.05, 0) is 24.6 Å². The molecule has 1 aromatic heterocycles. The second kappa shape index (κ2) is 5.66. The molecule has 0 unspecified atom stereocenters. The second-order valence-corrected chi connectivity index (χ2v) is 4.66. The van der Waals surface area contributed by atoms with E-state index in [1.807, 2.05) is 0 Å². The molecular weight excluding hydrogens is 272 g/mol. The van der Waals surface area contributed by atoms with E-state index >= 15 is 0 Å². The number of nitrogens with two attached hydrogens (primary N) is 1. The van der Waals surface area contributed by atoms with Gasteiger partial charge in [0, 0.05) is 13.6 Å². The number of rotatable bonds is 5. The number of carbonyl (C=O) groups excluding carboxylic acids is 1. The van der Waals surface area contributed by atoms with Gasteiger partial charge < -0.3 is 16.2 Å². The van der Waals surface area contributed by atoms with Gasteiger partial charge in [0.2, 0.25) is 0 Å². The fourth-order valence-electron chi connectivity index (χ4n) is 2.16. The summed E-state index contributed by atoms with van der Waals surface area (Å²) >= 11 is 0. The van der Waals surface area contributed by atoms with Crippen LogP contribution in [0.4, 0.5) is 5.82 Å². The molecule has 110 valence electrons. The number of amides is 1. The Morgan fingerprint density at radius 1 is 1.43 bits per heavy atom. The minimum atomic E-state index is -0.981. The van der Waals surface area contributed by atoms with Gasteiger partial charge in [-0.15, -0.1) is 0 Å². The van der Waals surface area contributed by atoms with E-state index < -0.39 is 11.9 Å². The highest BCUT2D eigenvalue weighted by Crippen LogP contribution is 2.19. The fourth-order valence-corrected chi connectivity index (χ4v) is 2.16. The number of nitrogens with zero attached hydrogens (tertiary/aromatic N) is 2. The molecule has 0 spiro atoms. The van der Waals surface area contributed by atoms with Gasteiger partial charge in [-0.1, -0.05) is 12.1 Å². The Kier molecular flexibility index (Phi) is 3.93. The lowest BCUT2D eigenvalue weighted by atomic mass is 10.1. The van der Waals surface area contributed by atoms with Crippen molar-refractivity contribution in [1.82, 2.24) is 9.78 Å². The van der Waals surface area contributed by atoms with E-state index in [9.17, 15) is 9.59 Å². The minimum absolute atomic E-state index is 0.214. The molecule has 7 nitrogen and oxygen atoms in total. The van der Waals surface area contributed by atoms with E-state index in [1.54, 1.807) is 32.2 Å². The second-order valence-electron chi connectivity index (χ2n) is 4.66. The molecule has 1 heterocycles. The van der Waals surface area contributed by atoms with E-state index in [0.29, 0.717) is 23.6 Å². The summed E-state index contributed by atoms with van der Waals surface area (Å²) in [6.07, 6.45) is 0. The first-order valence-electron chi connectivity index (χ1n) is 6.29. The quantitative estimate of drug-likeness (QED) is 0.764. The molecule has 0 aliphatic carbocycles. The van der Waals surface area contributed by atoms with Gasteiger partial charge in [0.25, 0.3) is 5.91 Å². The molecule has 0 fully saturated rings. The Hall–Kier alpha value is -2.83. The molecule has 1 aromatic carbocycles. The lowest BCUT2D eigenvalue weighted by molar-refractivity contribution is 0.0696. The number of primary amides is 1. The Morgan fingerprint density at radius 3 is 2.76 bits per heavy atom.